The van der Waals surface area contributed by atoms with E-state index >= 15 is 0 Å². The van der Waals surface area contributed by atoms with Gasteiger partial charge in [0.2, 0.25) is 5.91 Å². The molecule has 0 spiro atoms. The maximum atomic E-state index is 11.7. The molecule has 0 aliphatic carbocycles. The molecule has 22 heavy (non-hydrogen) atoms. The summed E-state index contributed by atoms with van der Waals surface area (Å²) < 4.78 is 6.42. The predicted molar refractivity (Wildman–Crippen MR) is 90.3 cm³/mol. The van der Waals surface area contributed by atoms with E-state index in [0.717, 1.165) is 41.5 Å². The summed E-state index contributed by atoms with van der Waals surface area (Å²) in [5.41, 5.74) is 0.807. The third kappa shape index (κ3) is 2.73. The number of hydrogen-bond donors (Lipinski definition) is 0. The van der Waals surface area contributed by atoms with Gasteiger partial charge < -0.3 is 14.5 Å². The number of anilines is 1. The van der Waals surface area contributed by atoms with Crippen molar-refractivity contribution in [3.63, 3.8) is 0 Å². The quantitative estimate of drug-likeness (QED) is 0.862. The number of rotatable bonds is 3. The summed E-state index contributed by atoms with van der Waals surface area (Å²) >= 11 is 7.78. The Balaban J connectivity index is 1.82. The van der Waals surface area contributed by atoms with Crippen LogP contribution in [0.4, 0.5) is 5.13 Å². The molecule has 1 saturated heterocycles. The number of nitrogens with zero attached hydrogens (tertiary/aromatic N) is 3. The zero-order valence-electron chi connectivity index (χ0n) is 12.6. The van der Waals surface area contributed by atoms with Crippen LogP contribution in [0.2, 0.25) is 5.02 Å². The number of piperazine rings is 1. The van der Waals surface area contributed by atoms with Gasteiger partial charge >= 0.3 is 0 Å². The first-order chi connectivity index (χ1) is 10.6. The molecule has 0 unspecified atom stereocenters. The zero-order valence-corrected chi connectivity index (χ0v) is 14.2. The second kappa shape index (κ2) is 6.30. The van der Waals surface area contributed by atoms with Crippen molar-refractivity contribution in [3.05, 3.63) is 17.2 Å². The van der Waals surface area contributed by atoms with Crippen LogP contribution >= 0.6 is 22.9 Å². The number of amides is 1. The highest BCUT2D eigenvalue weighted by Gasteiger charge is 2.23. The standard InChI is InChI=1S/C15H18ClN3O2S/c1-3-12(20)18-6-8-19(9-7-18)15-17-13-11(22-15)5-4-10(16)14(13)21-2/h4-5H,3,6-9H2,1-2H3. The summed E-state index contributed by atoms with van der Waals surface area (Å²) in [7, 11) is 1.61. The monoisotopic (exact) mass is 339 g/mol. The van der Waals surface area contributed by atoms with Crippen LogP contribution < -0.4 is 9.64 Å². The van der Waals surface area contributed by atoms with Crippen molar-refractivity contribution in [2.24, 2.45) is 0 Å². The lowest BCUT2D eigenvalue weighted by molar-refractivity contribution is -0.131. The van der Waals surface area contributed by atoms with Gasteiger partial charge in [0.15, 0.2) is 10.9 Å². The van der Waals surface area contributed by atoms with E-state index in [1.165, 1.54) is 0 Å². The Morgan fingerprint density at radius 1 is 1.36 bits per heavy atom. The lowest BCUT2D eigenvalue weighted by Crippen LogP contribution is -2.48. The number of methoxy groups -OCH3 is 1. The number of benzene rings is 1. The van der Waals surface area contributed by atoms with Crippen LogP contribution in [-0.2, 0) is 4.79 Å². The Morgan fingerprint density at radius 3 is 2.73 bits per heavy atom. The van der Waals surface area contributed by atoms with E-state index in [0.29, 0.717) is 17.2 Å². The minimum Gasteiger partial charge on any atom is -0.493 e. The topological polar surface area (TPSA) is 45.7 Å². The maximum absolute atomic E-state index is 11.7. The largest absolute Gasteiger partial charge is 0.493 e. The molecule has 1 aliphatic rings. The van der Waals surface area contributed by atoms with Crippen LogP contribution in [0.15, 0.2) is 12.1 Å². The molecule has 0 atom stereocenters. The van der Waals surface area contributed by atoms with E-state index in [4.69, 9.17) is 16.3 Å². The van der Waals surface area contributed by atoms with Crippen molar-refractivity contribution in [2.75, 3.05) is 38.2 Å². The van der Waals surface area contributed by atoms with Crippen LogP contribution in [0, 0.1) is 0 Å². The van der Waals surface area contributed by atoms with Gasteiger partial charge in [-0.05, 0) is 12.1 Å². The lowest BCUT2D eigenvalue weighted by atomic mass is 10.3. The summed E-state index contributed by atoms with van der Waals surface area (Å²) in [5.74, 6) is 0.846. The second-order valence-corrected chi connectivity index (χ2v) is 6.56. The molecule has 0 N–H and O–H groups in total. The van der Waals surface area contributed by atoms with Gasteiger partial charge in [-0.25, -0.2) is 4.98 Å². The normalized spacial score (nSPS) is 15.4. The average Bonchev–Trinajstić information content (AvgIpc) is 2.98. The molecule has 1 aromatic heterocycles. The molecule has 1 aromatic carbocycles. The maximum Gasteiger partial charge on any atom is 0.222 e. The SMILES string of the molecule is CCC(=O)N1CCN(c2nc3c(OC)c(Cl)ccc3s2)CC1. The van der Waals surface area contributed by atoms with Gasteiger partial charge in [0.1, 0.15) is 5.52 Å². The number of carbonyl (C=O) groups is 1. The molecular weight excluding hydrogens is 322 g/mol. The summed E-state index contributed by atoms with van der Waals surface area (Å²) in [4.78, 5) is 20.6. The Hall–Kier alpha value is -1.53. The van der Waals surface area contributed by atoms with Crippen LogP contribution in [0.5, 0.6) is 5.75 Å². The van der Waals surface area contributed by atoms with Gasteiger partial charge in [-0.3, -0.25) is 4.79 Å². The van der Waals surface area contributed by atoms with E-state index in [1.54, 1.807) is 18.4 Å². The number of halogens is 1. The van der Waals surface area contributed by atoms with Crippen molar-refractivity contribution in [1.82, 2.24) is 9.88 Å². The van der Waals surface area contributed by atoms with Crippen LogP contribution in [0.3, 0.4) is 0 Å². The molecule has 1 fully saturated rings. The predicted octanol–water partition coefficient (Wildman–Crippen LogP) is 3.02. The molecule has 7 heteroatoms. The Bertz CT molecular complexity index is 695. The number of ether oxygens (including phenoxy) is 1. The highest BCUT2D eigenvalue weighted by Crippen LogP contribution is 2.38. The Labute approximate surface area is 138 Å². The minimum atomic E-state index is 0.220. The van der Waals surface area contributed by atoms with Crippen molar-refractivity contribution >= 4 is 44.2 Å². The summed E-state index contributed by atoms with van der Waals surface area (Å²) in [6.07, 6.45) is 0.566. The molecule has 3 rings (SSSR count). The number of thiazole rings is 1. The molecule has 1 aliphatic heterocycles. The molecule has 0 bridgehead atoms. The van der Waals surface area contributed by atoms with Gasteiger partial charge in [-0.15, -0.1) is 0 Å². The first-order valence-corrected chi connectivity index (χ1v) is 8.49. The third-order valence-corrected chi connectivity index (χ3v) is 5.24. The Morgan fingerprint density at radius 2 is 2.09 bits per heavy atom. The number of aromatic nitrogens is 1. The van der Waals surface area contributed by atoms with Crippen LogP contribution in [-0.4, -0.2) is 49.1 Å². The molecule has 118 valence electrons. The van der Waals surface area contributed by atoms with E-state index < -0.39 is 0 Å². The molecule has 5 nitrogen and oxygen atoms in total. The van der Waals surface area contributed by atoms with Crippen molar-refractivity contribution in [3.8, 4) is 5.75 Å². The fourth-order valence-corrected chi connectivity index (χ4v) is 3.88. The van der Waals surface area contributed by atoms with Gasteiger partial charge in [-0.2, -0.15) is 0 Å². The fraction of sp³-hybridized carbons (Fsp3) is 0.467. The number of fused-ring (bicyclic) bond motifs is 1. The minimum absolute atomic E-state index is 0.220. The first kappa shape index (κ1) is 15.4. The molecule has 1 amide bonds. The van der Waals surface area contributed by atoms with Crippen molar-refractivity contribution < 1.29 is 9.53 Å². The van der Waals surface area contributed by atoms with Gasteiger partial charge in [0, 0.05) is 32.6 Å². The number of hydrogen-bond acceptors (Lipinski definition) is 5. The van der Waals surface area contributed by atoms with Crippen molar-refractivity contribution in [2.45, 2.75) is 13.3 Å². The van der Waals surface area contributed by atoms with E-state index in [1.807, 2.05) is 24.0 Å². The van der Waals surface area contributed by atoms with Crippen LogP contribution in [0.1, 0.15) is 13.3 Å². The zero-order chi connectivity index (χ0) is 15.7. The molecule has 0 saturated carbocycles. The fourth-order valence-electron chi connectivity index (χ4n) is 2.63. The average molecular weight is 340 g/mol. The summed E-state index contributed by atoms with van der Waals surface area (Å²) in [5, 5.41) is 1.53. The highest BCUT2D eigenvalue weighted by atomic mass is 35.5. The molecule has 2 aromatic rings. The van der Waals surface area contributed by atoms with E-state index in [-0.39, 0.29) is 5.91 Å². The van der Waals surface area contributed by atoms with Crippen LogP contribution in [0.25, 0.3) is 10.2 Å². The molecule has 0 radical (unpaired) electrons. The first-order valence-electron chi connectivity index (χ1n) is 7.29. The highest BCUT2D eigenvalue weighted by molar-refractivity contribution is 7.22. The molecule has 2 heterocycles. The van der Waals surface area contributed by atoms with Gasteiger partial charge in [0.05, 0.1) is 16.8 Å². The third-order valence-electron chi connectivity index (χ3n) is 3.86. The van der Waals surface area contributed by atoms with E-state index in [2.05, 4.69) is 9.88 Å². The Kier molecular flexibility index (Phi) is 4.40. The van der Waals surface area contributed by atoms with Gasteiger partial charge in [-0.1, -0.05) is 29.9 Å². The lowest BCUT2D eigenvalue weighted by Gasteiger charge is -2.34. The van der Waals surface area contributed by atoms with E-state index in [9.17, 15) is 4.79 Å². The second-order valence-electron chi connectivity index (χ2n) is 5.15. The molecular formula is C15H18ClN3O2S. The van der Waals surface area contributed by atoms with Gasteiger partial charge in [0.25, 0.3) is 0 Å². The smallest absolute Gasteiger partial charge is 0.222 e. The summed E-state index contributed by atoms with van der Waals surface area (Å²) in [6.45, 7) is 5.02. The van der Waals surface area contributed by atoms with Crippen molar-refractivity contribution in [1.29, 1.82) is 0 Å². The number of carbonyl (C=O) groups excluding carboxylic acids is 1. The summed E-state index contributed by atoms with van der Waals surface area (Å²) in [6, 6.07) is 3.81.